The van der Waals surface area contributed by atoms with Crippen molar-refractivity contribution in [2.75, 3.05) is 20.8 Å². The van der Waals surface area contributed by atoms with Crippen molar-refractivity contribution in [3.8, 4) is 11.5 Å². The first-order chi connectivity index (χ1) is 11.0. The fraction of sp³-hybridized carbons (Fsp3) is 0.588. The van der Waals surface area contributed by atoms with Crippen molar-refractivity contribution < 1.29 is 19.4 Å². The molecule has 0 saturated heterocycles. The first-order valence-electron chi connectivity index (χ1n) is 7.95. The Labute approximate surface area is 149 Å². The third kappa shape index (κ3) is 4.53. The van der Waals surface area contributed by atoms with Crippen molar-refractivity contribution in [3.63, 3.8) is 0 Å². The van der Waals surface area contributed by atoms with E-state index in [-0.39, 0.29) is 30.3 Å². The lowest BCUT2D eigenvalue weighted by molar-refractivity contribution is -0.134. The summed E-state index contributed by atoms with van der Waals surface area (Å²) in [5.41, 5.74) is 6.70. The molecule has 1 aromatic carbocycles. The van der Waals surface area contributed by atoms with Crippen LogP contribution in [-0.4, -0.2) is 48.8 Å². The van der Waals surface area contributed by atoms with Crippen LogP contribution in [0, 0.1) is 5.92 Å². The number of halogens is 1. The van der Waals surface area contributed by atoms with Crippen molar-refractivity contribution in [1.82, 2.24) is 4.90 Å². The smallest absolute Gasteiger partial charge is 0.225 e. The number of nitrogens with two attached hydrogens (primary N) is 1. The highest BCUT2D eigenvalue weighted by molar-refractivity contribution is 5.85. The first kappa shape index (κ1) is 20.5. The normalized spacial score (nSPS) is 22.6. The lowest BCUT2D eigenvalue weighted by Crippen LogP contribution is -2.32. The molecule has 0 aromatic heterocycles. The molecule has 0 spiro atoms. The van der Waals surface area contributed by atoms with Gasteiger partial charge in [0.05, 0.1) is 19.8 Å². The molecule has 1 aromatic rings. The molecule has 1 aliphatic rings. The van der Waals surface area contributed by atoms with Gasteiger partial charge in [-0.1, -0.05) is 12.1 Å². The van der Waals surface area contributed by atoms with Crippen molar-refractivity contribution in [3.05, 3.63) is 23.8 Å². The largest absolute Gasteiger partial charge is 0.493 e. The number of benzene rings is 1. The average Bonchev–Trinajstić information content (AvgIpc) is 2.87. The van der Waals surface area contributed by atoms with E-state index in [0.29, 0.717) is 37.5 Å². The molecular weight excluding hydrogens is 332 g/mol. The monoisotopic (exact) mass is 358 g/mol. The number of nitrogens with zero attached hydrogens (tertiary/aromatic N) is 1. The Morgan fingerprint density at radius 2 is 2.12 bits per heavy atom. The Morgan fingerprint density at radius 1 is 1.42 bits per heavy atom. The number of hydrogen-bond acceptors (Lipinski definition) is 5. The molecule has 7 heteroatoms. The van der Waals surface area contributed by atoms with E-state index in [1.807, 2.05) is 25.1 Å². The minimum Gasteiger partial charge on any atom is -0.493 e. The highest BCUT2D eigenvalue weighted by Gasteiger charge is 2.36. The van der Waals surface area contributed by atoms with Crippen molar-refractivity contribution in [1.29, 1.82) is 0 Å². The number of carbonyl (C=O) groups excluding carboxylic acids is 1. The molecule has 3 atom stereocenters. The van der Waals surface area contributed by atoms with Crippen molar-refractivity contribution in [2.24, 2.45) is 11.7 Å². The number of aliphatic hydroxyl groups excluding tert-OH is 1. The number of amides is 1. The van der Waals surface area contributed by atoms with E-state index < -0.39 is 6.10 Å². The molecule has 1 saturated carbocycles. The van der Waals surface area contributed by atoms with E-state index in [2.05, 4.69) is 0 Å². The number of rotatable bonds is 6. The van der Waals surface area contributed by atoms with Gasteiger partial charge in [-0.2, -0.15) is 0 Å². The summed E-state index contributed by atoms with van der Waals surface area (Å²) in [6, 6.07) is 5.33. The summed E-state index contributed by atoms with van der Waals surface area (Å²) in [4.78, 5) is 14.2. The van der Waals surface area contributed by atoms with Gasteiger partial charge >= 0.3 is 0 Å². The predicted octanol–water partition coefficient (Wildman–Crippen LogP) is 1.57. The van der Waals surface area contributed by atoms with Gasteiger partial charge < -0.3 is 25.2 Å². The van der Waals surface area contributed by atoms with Crippen LogP contribution in [0.5, 0.6) is 11.5 Å². The molecule has 1 aliphatic carbocycles. The minimum absolute atomic E-state index is 0. The Kier molecular flexibility index (Phi) is 7.79. The lowest BCUT2D eigenvalue weighted by Gasteiger charge is -2.23. The summed E-state index contributed by atoms with van der Waals surface area (Å²) >= 11 is 0. The molecule has 136 valence electrons. The van der Waals surface area contributed by atoms with Gasteiger partial charge in [-0.15, -0.1) is 12.4 Å². The third-order valence-corrected chi connectivity index (χ3v) is 4.28. The van der Waals surface area contributed by atoms with Crippen LogP contribution in [0.2, 0.25) is 0 Å². The van der Waals surface area contributed by atoms with Crippen LogP contribution >= 0.6 is 12.4 Å². The average molecular weight is 359 g/mol. The molecule has 0 unspecified atom stereocenters. The molecule has 0 heterocycles. The van der Waals surface area contributed by atoms with Gasteiger partial charge in [-0.05, 0) is 25.8 Å². The maximum Gasteiger partial charge on any atom is 0.225 e. The van der Waals surface area contributed by atoms with Crippen molar-refractivity contribution >= 4 is 18.3 Å². The van der Waals surface area contributed by atoms with Gasteiger partial charge in [-0.25, -0.2) is 0 Å². The number of ether oxygens (including phenoxy) is 2. The van der Waals surface area contributed by atoms with E-state index in [1.165, 1.54) is 0 Å². The maximum atomic E-state index is 12.6. The standard InChI is InChI=1S/C17H26N2O4.ClH/c1-4-23-16-11(6-5-7-15(16)22-3)10-19(2)17(21)12-8-13(18)14(20)9-12;/h5-7,12-14,20H,4,8-10,18H2,1-3H3;1H/t12-,13-,14-;/m0./s1. The fourth-order valence-electron chi connectivity index (χ4n) is 3.05. The zero-order valence-corrected chi connectivity index (χ0v) is 15.2. The van der Waals surface area contributed by atoms with Crippen LogP contribution in [-0.2, 0) is 11.3 Å². The zero-order valence-electron chi connectivity index (χ0n) is 14.4. The molecule has 24 heavy (non-hydrogen) atoms. The van der Waals surface area contributed by atoms with Gasteiger partial charge in [0.15, 0.2) is 11.5 Å². The molecule has 3 N–H and O–H groups in total. The third-order valence-electron chi connectivity index (χ3n) is 4.28. The number of methoxy groups -OCH3 is 1. The molecule has 0 radical (unpaired) electrons. The summed E-state index contributed by atoms with van der Waals surface area (Å²) in [6.07, 6.45) is 0.370. The SMILES string of the molecule is CCOc1c(CN(C)C(=O)[C@H]2C[C@H](N)[C@@H](O)C2)cccc1OC.Cl. The van der Waals surface area contributed by atoms with E-state index in [9.17, 15) is 9.90 Å². The van der Waals surface area contributed by atoms with E-state index in [1.54, 1.807) is 19.1 Å². The van der Waals surface area contributed by atoms with Crippen LogP contribution in [0.4, 0.5) is 0 Å². The Morgan fingerprint density at radius 3 is 2.67 bits per heavy atom. The van der Waals surface area contributed by atoms with Gasteiger partial charge in [0.25, 0.3) is 0 Å². The van der Waals surface area contributed by atoms with Crippen LogP contribution in [0.3, 0.4) is 0 Å². The van der Waals surface area contributed by atoms with E-state index in [0.717, 1.165) is 5.56 Å². The Hall–Kier alpha value is -1.50. The van der Waals surface area contributed by atoms with E-state index >= 15 is 0 Å². The highest BCUT2D eigenvalue weighted by atomic mass is 35.5. The van der Waals surface area contributed by atoms with Crippen LogP contribution in [0.1, 0.15) is 25.3 Å². The van der Waals surface area contributed by atoms with Crippen molar-refractivity contribution in [2.45, 2.75) is 38.5 Å². The zero-order chi connectivity index (χ0) is 17.0. The van der Waals surface area contributed by atoms with Gasteiger partial charge in [0, 0.05) is 31.1 Å². The predicted molar refractivity (Wildman–Crippen MR) is 94.6 cm³/mol. The quantitative estimate of drug-likeness (QED) is 0.806. The fourth-order valence-corrected chi connectivity index (χ4v) is 3.05. The number of aliphatic hydroxyl groups is 1. The maximum absolute atomic E-state index is 12.6. The molecule has 2 rings (SSSR count). The lowest BCUT2D eigenvalue weighted by atomic mass is 10.1. The topological polar surface area (TPSA) is 85.0 Å². The van der Waals surface area contributed by atoms with Gasteiger partial charge in [0.2, 0.25) is 5.91 Å². The molecular formula is C17H27ClN2O4. The number of hydrogen-bond donors (Lipinski definition) is 2. The molecule has 0 bridgehead atoms. The summed E-state index contributed by atoms with van der Waals surface area (Å²) in [5, 5.41) is 9.74. The number of carbonyl (C=O) groups is 1. The molecule has 1 amide bonds. The minimum atomic E-state index is -0.590. The van der Waals surface area contributed by atoms with Crippen LogP contribution < -0.4 is 15.2 Å². The van der Waals surface area contributed by atoms with Gasteiger partial charge in [-0.3, -0.25) is 4.79 Å². The Balaban J connectivity index is 0.00000288. The summed E-state index contributed by atoms with van der Waals surface area (Å²) in [6.45, 7) is 2.86. The highest BCUT2D eigenvalue weighted by Crippen LogP contribution is 2.33. The van der Waals surface area contributed by atoms with E-state index in [4.69, 9.17) is 15.2 Å². The number of para-hydroxylation sites is 1. The molecule has 0 aliphatic heterocycles. The second-order valence-electron chi connectivity index (χ2n) is 5.98. The summed E-state index contributed by atoms with van der Waals surface area (Å²) < 4.78 is 11.0. The van der Waals surface area contributed by atoms with Crippen LogP contribution in [0.25, 0.3) is 0 Å². The first-order valence-corrected chi connectivity index (χ1v) is 7.95. The molecule has 1 fully saturated rings. The summed E-state index contributed by atoms with van der Waals surface area (Å²) in [5.74, 6) is 1.11. The van der Waals surface area contributed by atoms with Gasteiger partial charge in [0.1, 0.15) is 0 Å². The summed E-state index contributed by atoms with van der Waals surface area (Å²) in [7, 11) is 3.35. The Bertz CT molecular complexity index is 545. The van der Waals surface area contributed by atoms with Crippen LogP contribution in [0.15, 0.2) is 18.2 Å². The molecule has 6 nitrogen and oxygen atoms in total. The second kappa shape index (κ2) is 9.11. The second-order valence-corrected chi connectivity index (χ2v) is 5.98.